The van der Waals surface area contributed by atoms with Crippen molar-refractivity contribution in [3.05, 3.63) is 27.7 Å². The molecule has 2 heteroatoms. The molecule has 1 nitrogen and oxygen atoms in total. The molecule has 0 aliphatic carbocycles. The first-order valence-electron chi connectivity index (χ1n) is 3.38. The summed E-state index contributed by atoms with van der Waals surface area (Å²) in [4.78, 5) is 0. The van der Waals surface area contributed by atoms with E-state index >= 15 is 0 Å². The molecule has 1 rings (SSSR count). The minimum absolute atomic E-state index is 0.940. The van der Waals surface area contributed by atoms with Gasteiger partial charge < -0.3 is 4.74 Å². The van der Waals surface area contributed by atoms with Crippen LogP contribution in [0.3, 0.4) is 0 Å². The van der Waals surface area contributed by atoms with Gasteiger partial charge in [-0.25, -0.2) is 0 Å². The molecule has 0 heterocycles. The van der Waals surface area contributed by atoms with Crippen LogP contribution in [0.1, 0.15) is 11.1 Å². The molecule has 1 aromatic rings. The van der Waals surface area contributed by atoms with Crippen molar-refractivity contribution >= 4 is 15.9 Å². The van der Waals surface area contributed by atoms with Gasteiger partial charge in [0.25, 0.3) is 0 Å². The molecular formula is C9H10BrO. The lowest BCUT2D eigenvalue weighted by molar-refractivity contribution is 0.408. The molecule has 0 atom stereocenters. The Kier molecular flexibility index (Phi) is 2.55. The van der Waals surface area contributed by atoms with Gasteiger partial charge in [0.15, 0.2) is 0 Å². The van der Waals surface area contributed by atoms with Crippen LogP contribution in [0.15, 0.2) is 10.5 Å². The summed E-state index contributed by atoms with van der Waals surface area (Å²) in [6.07, 6.45) is 0. The van der Waals surface area contributed by atoms with Crippen molar-refractivity contribution in [3.63, 3.8) is 0 Å². The number of hydrogen-bond acceptors (Lipinski definition) is 1. The van der Waals surface area contributed by atoms with Crippen LogP contribution in [0.5, 0.6) is 5.75 Å². The standard InChI is InChI=1S/C9H10BrO/c1-6-4-5-8(10)7(2)9(6)11-3/h4H,1-3H3. The number of methoxy groups -OCH3 is 1. The fraction of sp³-hybridized carbons (Fsp3) is 0.333. The van der Waals surface area contributed by atoms with E-state index < -0.39 is 0 Å². The second-order valence-electron chi connectivity index (χ2n) is 2.44. The van der Waals surface area contributed by atoms with E-state index in [-0.39, 0.29) is 0 Å². The van der Waals surface area contributed by atoms with Gasteiger partial charge in [0.05, 0.1) is 7.11 Å². The normalized spacial score (nSPS) is 9.82. The third-order valence-electron chi connectivity index (χ3n) is 1.65. The molecule has 0 unspecified atom stereocenters. The molecule has 0 amide bonds. The highest BCUT2D eigenvalue weighted by Gasteiger charge is 2.04. The second-order valence-corrected chi connectivity index (χ2v) is 3.24. The fourth-order valence-electron chi connectivity index (χ4n) is 1.05. The van der Waals surface area contributed by atoms with E-state index in [0.717, 1.165) is 21.3 Å². The van der Waals surface area contributed by atoms with E-state index in [9.17, 15) is 0 Å². The Balaban J connectivity index is 3.29. The number of benzene rings is 1. The molecule has 0 aliphatic heterocycles. The summed E-state index contributed by atoms with van der Waals surface area (Å²) in [6, 6.07) is 4.99. The van der Waals surface area contributed by atoms with Crippen molar-refractivity contribution in [3.8, 4) is 5.75 Å². The molecule has 0 aliphatic rings. The molecule has 0 N–H and O–H groups in total. The smallest absolute Gasteiger partial charge is 0.125 e. The van der Waals surface area contributed by atoms with Crippen LogP contribution < -0.4 is 4.74 Å². The number of hydrogen-bond donors (Lipinski definition) is 0. The molecule has 0 fully saturated rings. The molecule has 11 heavy (non-hydrogen) atoms. The van der Waals surface area contributed by atoms with Gasteiger partial charge in [0.1, 0.15) is 5.75 Å². The molecule has 59 valence electrons. The Morgan fingerprint density at radius 3 is 2.55 bits per heavy atom. The van der Waals surface area contributed by atoms with Crippen LogP contribution in [0.2, 0.25) is 0 Å². The Morgan fingerprint density at radius 2 is 2.09 bits per heavy atom. The molecule has 0 saturated heterocycles. The average Bonchev–Trinajstić information content (AvgIpc) is 1.99. The van der Waals surface area contributed by atoms with Crippen LogP contribution in [-0.4, -0.2) is 7.11 Å². The molecule has 0 aromatic heterocycles. The average molecular weight is 214 g/mol. The van der Waals surface area contributed by atoms with Gasteiger partial charge in [-0.3, -0.25) is 0 Å². The van der Waals surface area contributed by atoms with Crippen molar-refractivity contribution in [1.82, 2.24) is 0 Å². The van der Waals surface area contributed by atoms with Crippen molar-refractivity contribution in [1.29, 1.82) is 0 Å². The summed E-state index contributed by atoms with van der Waals surface area (Å²) in [5.41, 5.74) is 2.22. The van der Waals surface area contributed by atoms with Crippen LogP contribution in [0, 0.1) is 19.9 Å². The number of ether oxygens (including phenoxy) is 1. The molecule has 0 bridgehead atoms. The van der Waals surface area contributed by atoms with Crippen molar-refractivity contribution in [2.45, 2.75) is 13.8 Å². The van der Waals surface area contributed by atoms with E-state index in [1.807, 2.05) is 19.9 Å². The molecule has 1 radical (unpaired) electrons. The Hall–Kier alpha value is -0.500. The van der Waals surface area contributed by atoms with Crippen molar-refractivity contribution in [2.75, 3.05) is 7.11 Å². The topological polar surface area (TPSA) is 9.23 Å². The minimum Gasteiger partial charge on any atom is -0.496 e. The Labute approximate surface area is 75.5 Å². The highest BCUT2D eigenvalue weighted by atomic mass is 79.9. The minimum atomic E-state index is 0.940. The summed E-state index contributed by atoms with van der Waals surface area (Å²) in [6.45, 7) is 4.02. The fourth-order valence-corrected chi connectivity index (χ4v) is 1.35. The lowest BCUT2D eigenvalue weighted by atomic mass is 10.1. The number of halogens is 1. The highest BCUT2D eigenvalue weighted by Crippen LogP contribution is 2.28. The summed E-state index contributed by atoms with van der Waals surface area (Å²) in [7, 11) is 1.68. The first kappa shape index (κ1) is 8.60. The zero-order valence-corrected chi connectivity index (χ0v) is 8.45. The van der Waals surface area contributed by atoms with Crippen LogP contribution in [0.4, 0.5) is 0 Å². The third-order valence-corrected chi connectivity index (χ3v) is 2.47. The van der Waals surface area contributed by atoms with E-state index in [0.29, 0.717) is 0 Å². The lowest BCUT2D eigenvalue weighted by Crippen LogP contribution is -1.91. The van der Waals surface area contributed by atoms with Crippen molar-refractivity contribution < 1.29 is 4.74 Å². The first-order chi connectivity index (χ1) is 5.16. The highest BCUT2D eigenvalue weighted by molar-refractivity contribution is 9.10. The predicted molar refractivity (Wildman–Crippen MR) is 49.0 cm³/mol. The molecular weight excluding hydrogens is 204 g/mol. The zero-order valence-electron chi connectivity index (χ0n) is 6.86. The molecule has 0 spiro atoms. The van der Waals surface area contributed by atoms with Gasteiger partial charge >= 0.3 is 0 Å². The third kappa shape index (κ3) is 1.56. The molecule has 0 saturated carbocycles. The first-order valence-corrected chi connectivity index (χ1v) is 4.17. The summed E-state index contributed by atoms with van der Waals surface area (Å²) in [5, 5.41) is 0. The van der Waals surface area contributed by atoms with Gasteiger partial charge in [0, 0.05) is 10.0 Å². The number of rotatable bonds is 1. The zero-order chi connectivity index (χ0) is 8.43. The summed E-state index contributed by atoms with van der Waals surface area (Å²) >= 11 is 3.39. The van der Waals surface area contributed by atoms with Gasteiger partial charge in [-0.1, -0.05) is 0 Å². The van der Waals surface area contributed by atoms with Gasteiger partial charge in [0.2, 0.25) is 0 Å². The van der Waals surface area contributed by atoms with Crippen LogP contribution in [0.25, 0.3) is 0 Å². The summed E-state index contributed by atoms with van der Waals surface area (Å²) < 4.78 is 6.18. The maximum atomic E-state index is 5.21. The van der Waals surface area contributed by atoms with Gasteiger partial charge in [-0.05, 0) is 47.5 Å². The van der Waals surface area contributed by atoms with Crippen LogP contribution >= 0.6 is 15.9 Å². The van der Waals surface area contributed by atoms with Crippen LogP contribution in [-0.2, 0) is 0 Å². The lowest BCUT2D eigenvalue weighted by Gasteiger charge is -2.08. The van der Waals surface area contributed by atoms with Gasteiger partial charge in [-0.2, -0.15) is 0 Å². The van der Waals surface area contributed by atoms with Crippen molar-refractivity contribution in [2.24, 2.45) is 0 Å². The maximum absolute atomic E-state index is 5.21. The Bertz CT molecular complexity index is 269. The SMILES string of the molecule is COc1c(C)c[c]c(Br)c1C. The quantitative estimate of drug-likeness (QED) is 0.698. The maximum Gasteiger partial charge on any atom is 0.125 e. The largest absolute Gasteiger partial charge is 0.496 e. The van der Waals surface area contributed by atoms with E-state index in [1.165, 1.54) is 0 Å². The van der Waals surface area contributed by atoms with E-state index in [1.54, 1.807) is 7.11 Å². The van der Waals surface area contributed by atoms with E-state index in [4.69, 9.17) is 4.74 Å². The van der Waals surface area contributed by atoms with Gasteiger partial charge in [-0.15, -0.1) is 0 Å². The second kappa shape index (κ2) is 3.26. The summed E-state index contributed by atoms with van der Waals surface area (Å²) in [5.74, 6) is 0.940. The predicted octanol–water partition coefficient (Wildman–Crippen LogP) is 2.87. The number of aryl methyl sites for hydroxylation is 1. The monoisotopic (exact) mass is 213 g/mol. The molecule has 1 aromatic carbocycles. The Morgan fingerprint density at radius 1 is 1.45 bits per heavy atom. The van der Waals surface area contributed by atoms with E-state index in [2.05, 4.69) is 22.0 Å².